The molecule has 1 aliphatic rings. The number of hydrogen-bond acceptors (Lipinski definition) is 5. The number of halogens is 1. The molecule has 0 unspecified atom stereocenters. The van der Waals surface area contributed by atoms with E-state index in [1.54, 1.807) is 23.1 Å². The summed E-state index contributed by atoms with van der Waals surface area (Å²) in [4.78, 5) is 24.8. The van der Waals surface area contributed by atoms with Gasteiger partial charge in [0, 0.05) is 34.8 Å². The molecule has 38 heavy (non-hydrogen) atoms. The predicted octanol–water partition coefficient (Wildman–Crippen LogP) is 6.17. The number of carbonyl (C=O) groups excluding carboxylic acids is 2. The number of piperidine rings is 1. The molecule has 1 saturated heterocycles. The number of amides is 1. The quantitative estimate of drug-likeness (QED) is 0.183. The van der Waals surface area contributed by atoms with Crippen molar-refractivity contribution in [3.63, 3.8) is 0 Å². The van der Waals surface area contributed by atoms with Gasteiger partial charge in [-0.2, -0.15) is 0 Å². The summed E-state index contributed by atoms with van der Waals surface area (Å²) in [5.41, 5.74) is 10.2. The molecular weight excluding hydrogens is 479 g/mol. The first-order valence-electron chi connectivity index (χ1n) is 13.4. The largest absolute Gasteiger partial charge is 0.386 e. The van der Waals surface area contributed by atoms with Gasteiger partial charge in [-0.25, -0.2) is 4.39 Å². The van der Waals surface area contributed by atoms with E-state index in [0.29, 0.717) is 5.57 Å². The van der Waals surface area contributed by atoms with Crippen molar-refractivity contribution in [2.45, 2.75) is 91.3 Å². The summed E-state index contributed by atoms with van der Waals surface area (Å²) >= 11 is 0. The Morgan fingerprint density at radius 2 is 1.68 bits per heavy atom. The van der Waals surface area contributed by atoms with E-state index in [-0.39, 0.29) is 29.6 Å². The maximum Gasteiger partial charge on any atom is 0.246 e. The highest BCUT2D eigenvalue weighted by Gasteiger charge is 2.44. The third kappa shape index (κ3) is 8.35. The van der Waals surface area contributed by atoms with Crippen LogP contribution >= 0.6 is 0 Å². The van der Waals surface area contributed by atoms with Gasteiger partial charge in [0.15, 0.2) is 0 Å². The Hall–Kier alpha value is -3.32. The van der Waals surface area contributed by atoms with Crippen molar-refractivity contribution in [3.05, 3.63) is 83.4 Å². The van der Waals surface area contributed by atoms with E-state index in [9.17, 15) is 14.0 Å². The summed E-state index contributed by atoms with van der Waals surface area (Å²) in [5, 5.41) is 12.5. The van der Waals surface area contributed by atoms with Crippen molar-refractivity contribution in [1.82, 2.24) is 10.2 Å². The second-order valence-corrected chi connectivity index (χ2v) is 9.59. The molecule has 1 aromatic rings. The summed E-state index contributed by atoms with van der Waals surface area (Å²) < 4.78 is 13.5. The number of nitrogens with two attached hydrogens (primary N) is 1. The first-order valence-corrected chi connectivity index (χ1v) is 13.4. The van der Waals surface area contributed by atoms with Crippen LogP contribution in [0.3, 0.4) is 0 Å². The topological polar surface area (TPSA) is 99.3 Å². The molecule has 6 nitrogen and oxygen atoms in total. The van der Waals surface area contributed by atoms with Gasteiger partial charge in [0.2, 0.25) is 5.91 Å². The van der Waals surface area contributed by atoms with Crippen LogP contribution in [0.5, 0.6) is 0 Å². The lowest BCUT2D eigenvalue weighted by Crippen LogP contribution is -2.59. The zero-order valence-electron chi connectivity index (χ0n) is 23.8. The average molecular weight is 525 g/mol. The molecule has 0 saturated carbocycles. The predicted molar refractivity (Wildman–Crippen MR) is 155 cm³/mol. The monoisotopic (exact) mass is 524 g/mol. The maximum absolute atomic E-state index is 13.5. The highest BCUT2D eigenvalue weighted by molar-refractivity contribution is 6.12. The van der Waals surface area contributed by atoms with Crippen LogP contribution in [0.15, 0.2) is 72.0 Å². The molecule has 0 radical (unpaired) electrons. The number of likely N-dealkylation sites (tertiary alicyclic amines) is 1. The number of nitrogens with one attached hydrogen (secondary N) is 2. The number of amidine groups is 1. The number of nitrogens with zero attached hydrogens (tertiary/aromatic N) is 1. The van der Waals surface area contributed by atoms with Gasteiger partial charge in [-0.3, -0.25) is 19.9 Å². The molecule has 1 aromatic carbocycles. The fourth-order valence-electron chi connectivity index (χ4n) is 4.64. The molecule has 1 fully saturated rings. The Bertz CT molecular complexity index is 1040. The van der Waals surface area contributed by atoms with Crippen LogP contribution in [-0.2, 0) is 9.59 Å². The molecule has 4 N–H and O–H groups in total. The summed E-state index contributed by atoms with van der Waals surface area (Å²) in [7, 11) is 0. The molecular formula is C31H45FN4O2. The van der Waals surface area contributed by atoms with Gasteiger partial charge in [0.1, 0.15) is 17.9 Å². The van der Waals surface area contributed by atoms with Crippen LogP contribution in [0.2, 0.25) is 0 Å². The van der Waals surface area contributed by atoms with Gasteiger partial charge in [-0.1, -0.05) is 64.6 Å². The Morgan fingerprint density at radius 3 is 2.08 bits per heavy atom. The number of rotatable bonds is 11. The van der Waals surface area contributed by atoms with E-state index >= 15 is 0 Å². The Labute approximate surface area is 228 Å². The summed E-state index contributed by atoms with van der Waals surface area (Å²) in [6.45, 7) is 19.1. The minimum atomic E-state index is -0.816. The zero-order valence-corrected chi connectivity index (χ0v) is 23.8. The van der Waals surface area contributed by atoms with Crippen LogP contribution in [0.1, 0.15) is 78.7 Å². The Morgan fingerprint density at radius 1 is 1.13 bits per heavy atom. The van der Waals surface area contributed by atoms with E-state index in [0.717, 1.165) is 54.4 Å². The van der Waals surface area contributed by atoms with Gasteiger partial charge in [0.05, 0.1) is 6.04 Å². The molecule has 0 aliphatic carbocycles. The van der Waals surface area contributed by atoms with E-state index in [1.165, 1.54) is 18.2 Å². The van der Waals surface area contributed by atoms with Crippen molar-refractivity contribution in [2.24, 2.45) is 5.73 Å². The third-order valence-corrected chi connectivity index (χ3v) is 6.82. The van der Waals surface area contributed by atoms with E-state index in [1.807, 2.05) is 27.7 Å². The van der Waals surface area contributed by atoms with Gasteiger partial charge in [-0.15, -0.1) is 0 Å². The molecule has 2 rings (SSSR count). The van der Waals surface area contributed by atoms with Crippen LogP contribution in [0.4, 0.5) is 4.39 Å². The molecule has 208 valence electrons. The minimum Gasteiger partial charge on any atom is -0.386 e. The fourth-order valence-corrected chi connectivity index (χ4v) is 4.64. The molecule has 1 heterocycles. The number of allylic oxidation sites excluding steroid dienone is 5. The maximum atomic E-state index is 13.5. The second-order valence-electron chi connectivity index (χ2n) is 9.59. The van der Waals surface area contributed by atoms with Crippen LogP contribution in [0, 0.1) is 11.2 Å². The highest BCUT2D eigenvalue weighted by Crippen LogP contribution is 2.37. The molecule has 1 amide bonds. The molecule has 1 aliphatic heterocycles. The summed E-state index contributed by atoms with van der Waals surface area (Å²) in [6.07, 6.45) is 7.35. The number of hydrogen-bond donors (Lipinski definition) is 3. The summed E-state index contributed by atoms with van der Waals surface area (Å²) in [6, 6.07) is 5.49. The first kappa shape index (κ1) is 32.7. The van der Waals surface area contributed by atoms with Crippen molar-refractivity contribution in [2.75, 3.05) is 0 Å². The van der Waals surface area contributed by atoms with Gasteiger partial charge < -0.3 is 11.1 Å². The Kier molecular flexibility index (Phi) is 13.6. The van der Waals surface area contributed by atoms with Crippen molar-refractivity contribution in [1.29, 1.82) is 5.41 Å². The van der Waals surface area contributed by atoms with Gasteiger partial charge in [-0.05, 0) is 63.3 Å². The fraction of sp³-hybridized carbons (Fsp3) is 0.452. The molecule has 0 aromatic heterocycles. The molecule has 7 heteroatoms. The lowest BCUT2D eigenvalue weighted by molar-refractivity contribution is -0.131. The standard InChI is InChI=1S/C23H35FN4O.C8H10O/c1-6-17(7-2)27-14(5)19-20(15-10-12-16(24)13-11-15)21(25)23(29)28(22(19)26)18(8-3)9-4;1-4-8(6-9)5-7(2)3/h10-13,17-18,20-21,26-27H,6-9,25H2,1-5H3;4-6H,1-2H2,3H3/b19-14-,26-22?;8-5+/t20-,21-;/m0./s1. The van der Waals surface area contributed by atoms with Crippen LogP contribution in [-0.4, -0.2) is 41.1 Å². The van der Waals surface area contributed by atoms with E-state index in [2.05, 4.69) is 32.3 Å². The van der Waals surface area contributed by atoms with Gasteiger partial charge >= 0.3 is 0 Å². The normalized spacial score (nSPS) is 19.2. The number of benzene rings is 1. The average Bonchev–Trinajstić information content (AvgIpc) is 2.90. The smallest absolute Gasteiger partial charge is 0.246 e. The molecule has 0 bridgehead atoms. The van der Waals surface area contributed by atoms with Crippen molar-refractivity contribution < 1.29 is 14.0 Å². The Balaban J connectivity index is 0.000000686. The zero-order chi connectivity index (χ0) is 29.0. The van der Waals surface area contributed by atoms with Crippen molar-refractivity contribution >= 4 is 18.0 Å². The van der Waals surface area contributed by atoms with E-state index < -0.39 is 12.0 Å². The lowest BCUT2D eigenvalue weighted by atomic mass is 9.78. The van der Waals surface area contributed by atoms with Gasteiger partial charge in [0.25, 0.3) is 0 Å². The molecule has 2 atom stereocenters. The highest BCUT2D eigenvalue weighted by atomic mass is 19.1. The van der Waals surface area contributed by atoms with Crippen LogP contribution < -0.4 is 11.1 Å². The first-order chi connectivity index (χ1) is 18.0. The SMILES string of the molecule is C=C/C(C=O)=C\C(=C)C.CCC(CC)N/C(C)=C1\C(=N)N(C(CC)CC)C(=O)[C@@H](N)[C@H]1c1ccc(F)cc1. The van der Waals surface area contributed by atoms with Crippen molar-refractivity contribution in [3.8, 4) is 0 Å². The third-order valence-electron chi connectivity index (χ3n) is 6.82. The number of aldehydes is 1. The minimum absolute atomic E-state index is 0.0637. The second kappa shape index (κ2) is 15.8. The lowest BCUT2D eigenvalue weighted by Gasteiger charge is -2.43. The number of carbonyl (C=O) groups is 2. The van der Waals surface area contributed by atoms with E-state index in [4.69, 9.17) is 11.1 Å². The molecule has 0 spiro atoms. The van der Waals surface area contributed by atoms with Crippen LogP contribution in [0.25, 0.3) is 0 Å². The summed E-state index contributed by atoms with van der Waals surface area (Å²) in [5.74, 6) is -0.855.